The van der Waals surface area contributed by atoms with Gasteiger partial charge in [0.1, 0.15) is 0 Å². The maximum atomic E-state index is 4.39. The van der Waals surface area contributed by atoms with Crippen molar-refractivity contribution < 1.29 is 0 Å². The number of unbranched alkanes of at least 4 members (excludes halogenated alkanes) is 3. The number of hydrogen-bond acceptors (Lipinski definition) is 1. The van der Waals surface area contributed by atoms with Crippen LogP contribution in [0.4, 0.5) is 0 Å². The summed E-state index contributed by atoms with van der Waals surface area (Å²) in [5.74, 6) is 0.713. The van der Waals surface area contributed by atoms with Crippen LogP contribution < -0.4 is 0 Å². The lowest BCUT2D eigenvalue weighted by Crippen LogP contribution is -1.98. The van der Waals surface area contributed by atoms with Crippen molar-refractivity contribution >= 4 is 0 Å². The quantitative estimate of drug-likeness (QED) is 0.597. The standard InChI is InChI=1S/C15H25N/c1-4-6-7-8-9-14(5-2)15-11-10-13(3)16-12-15/h10-12,14H,4-9H2,1-3H3. The minimum Gasteiger partial charge on any atom is -0.261 e. The molecule has 1 aromatic rings. The number of nitrogens with zero attached hydrogens (tertiary/aromatic N) is 1. The molecule has 0 amide bonds. The molecule has 0 aliphatic heterocycles. The van der Waals surface area contributed by atoms with Crippen LogP contribution in [0, 0.1) is 6.92 Å². The van der Waals surface area contributed by atoms with Gasteiger partial charge in [-0.05, 0) is 37.3 Å². The van der Waals surface area contributed by atoms with Gasteiger partial charge in [-0.1, -0.05) is 45.6 Å². The second-order valence-corrected chi connectivity index (χ2v) is 4.69. The molecule has 0 bridgehead atoms. The van der Waals surface area contributed by atoms with Crippen molar-refractivity contribution in [2.45, 2.75) is 65.2 Å². The first kappa shape index (κ1) is 13.2. The van der Waals surface area contributed by atoms with E-state index in [2.05, 4.69) is 37.2 Å². The number of pyridine rings is 1. The first-order valence-corrected chi connectivity index (χ1v) is 6.70. The van der Waals surface area contributed by atoms with Gasteiger partial charge in [0.25, 0.3) is 0 Å². The molecule has 1 unspecified atom stereocenters. The fourth-order valence-electron chi connectivity index (χ4n) is 2.14. The zero-order valence-electron chi connectivity index (χ0n) is 11.0. The second-order valence-electron chi connectivity index (χ2n) is 4.69. The number of rotatable bonds is 7. The van der Waals surface area contributed by atoms with Gasteiger partial charge in [0, 0.05) is 11.9 Å². The van der Waals surface area contributed by atoms with E-state index in [9.17, 15) is 0 Å². The Labute approximate surface area is 100 Å². The van der Waals surface area contributed by atoms with Gasteiger partial charge >= 0.3 is 0 Å². The van der Waals surface area contributed by atoms with E-state index in [0.717, 1.165) is 5.69 Å². The molecular formula is C15H25N. The molecule has 16 heavy (non-hydrogen) atoms. The van der Waals surface area contributed by atoms with E-state index >= 15 is 0 Å². The number of aryl methyl sites for hydroxylation is 1. The third-order valence-electron chi connectivity index (χ3n) is 3.30. The lowest BCUT2D eigenvalue weighted by molar-refractivity contribution is 0.541. The molecule has 0 spiro atoms. The summed E-state index contributed by atoms with van der Waals surface area (Å²) < 4.78 is 0. The van der Waals surface area contributed by atoms with Gasteiger partial charge in [-0.2, -0.15) is 0 Å². The van der Waals surface area contributed by atoms with Crippen molar-refractivity contribution in [2.24, 2.45) is 0 Å². The van der Waals surface area contributed by atoms with Crippen molar-refractivity contribution in [3.8, 4) is 0 Å². The molecular weight excluding hydrogens is 194 g/mol. The molecule has 1 aromatic heterocycles. The highest BCUT2D eigenvalue weighted by molar-refractivity contribution is 5.17. The molecule has 1 nitrogen and oxygen atoms in total. The largest absolute Gasteiger partial charge is 0.261 e. The third-order valence-corrected chi connectivity index (χ3v) is 3.30. The van der Waals surface area contributed by atoms with Crippen LogP contribution in [0.3, 0.4) is 0 Å². The van der Waals surface area contributed by atoms with Crippen LogP contribution in [0.2, 0.25) is 0 Å². The third kappa shape index (κ3) is 4.34. The van der Waals surface area contributed by atoms with E-state index in [1.54, 1.807) is 0 Å². The Morgan fingerprint density at radius 3 is 2.50 bits per heavy atom. The Morgan fingerprint density at radius 2 is 1.94 bits per heavy atom. The van der Waals surface area contributed by atoms with Crippen LogP contribution in [0.5, 0.6) is 0 Å². The van der Waals surface area contributed by atoms with Crippen molar-refractivity contribution in [3.63, 3.8) is 0 Å². The van der Waals surface area contributed by atoms with Crippen LogP contribution in [0.1, 0.15) is 69.5 Å². The molecule has 0 aromatic carbocycles. The Balaban J connectivity index is 2.44. The number of hydrogen-bond donors (Lipinski definition) is 0. The maximum Gasteiger partial charge on any atom is 0.0372 e. The highest BCUT2D eigenvalue weighted by Crippen LogP contribution is 2.25. The smallest absolute Gasteiger partial charge is 0.0372 e. The summed E-state index contributed by atoms with van der Waals surface area (Å²) in [6.45, 7) is 6.59. The maximum absolute atomic E-state index is 4.39. The molecule has 1 atom stereocenters. The lowest BCUT2D eigenvalue weighted by Gasteiger charge is -2.14. The van der Waals surface area contributed by atoms with Gasteiger partial charge in [-0.3, -0.25) is 4.98 Å². The Bertz CT molecular complexity index is 276. The Hall–Kier alpha value is -0.850. The normalized spacial score (nSPS) is 12.7. The molecule has 0 radical (unpaired) electrons. The first-order valence-electron chi connectivity index (χ1n) is 6.70. The summed E-state index contributed by atoms with van der Waals surface area (Å²) in [6, 6.07) is 4.38. The van der Waals surface area contributed by atoms with E-state index in [4.69, 9.17) is 0 Å². The van der Waals surface area contributed by atoms with Gasteiger partial charge in [0.15, 0.2) is 0 Å². The van der Waals surface area contributed by atoms with Crippen molar-refractivity contribution in [1.29, 1.82) is 0 Å². The average molecular weight is 219 g/mol. The average Bonchev–Trinajstić information content (AvgIpc) is 2.31. The van der Waals surface area contributed by atoms with E-state index in [1.807, 2.05) is 6.92 Å². The van der Waals surface area contributed by atoms with E-state index in [-0.39, 0.29) is 0 Å². The zero-order valence-corrected chi connectivity index (χ0v) is 11.0. The summed E-state index contributed by atoms with van der Waals surface area (Å²) in [6.07, 6.45) is 10.1. The molecule has 0 aliphatic carbocycles. The summed E-state index contributed by atoms with van der Waals surface area (Å²) in [4.78, 5) is 4.39. The highest BCUT2D eigenvalue weighted by Gasteiger charge is 2.08. The molecule has 1 rings (SSSR count). The molecule has 0 fully saturated rings. The minimum atomic E-state index is 0.713. The molecule has 0 saturated heterocycles. The van der Waals surface area contributed by atoms with Crippen LogP contribution in [0.15, 0.2) is 18.3 Å². The fourth-order valence-corrected chi connectivity index (χ4v) is 2.14. The summed E-state index contributed by atoms with van der Waals surface area (Å²) in [5, 5.41) is 0. The Kier molecular flexibility index (Phi) is 6.14. The molecule has 0 aliphatic rings. The van der Waals surface area contributed by atoms with Crippen LogP contribution in [-0.2, 0) is 0 Å². The van der Waals surface area contributed by atoms with Crippen LogP contribution >= 0.6 is 0 Å². The van der Waals surface area contributed by atoms with E-state index < -0.39 is 0 Å². The predicted molar refractivity (Wildman–Crippen MR) is 70.8 cm³/mol. The van der Waals surface area contributed by atoms with Crippen LogP contribution in [0.25, 0.3) is 0 Å². The second kappa shape index (κ2) is 7.43. The molecule has 0 N–H and O–H groups in total. The molecule has 90 valence electrons. The molecule has 0 saturated carbocycles. The molecule has 1 heterocycles. The fraction of sp³-hybridized carbons (Fsp3) is 0.667. The van der Waals surface area contributed by atoms with Crippen molar-refractivity contribution in [1.82, 2.24) is 4.98 Å². The van der Waals surface area contributed by atoms with Gasteiger partial charge in [0.05, 0.1) is 0 Å². The summed E-state index contributed by atoms with van der Waals surface area (Å²) in [7, 11) is 0. The summed E-state index contributed by atoms with van der Waals surface area (Å²) in [5.41, 5.74) is 2.54. The van der Waals surface area contributed by atoms with Gasteiger partial charge in [-0.25, -0.2) is 0 Å². The van der Waals surface area contributed by atoms with Gasteiger partial charge in [0.2, 0.25) is 0 Å². The lowest BCUT2D eigenvalue weighted by atomic mass is 9.92. The van der Waals surface area contributed by atoms with Crippen molar-refractivity contribution in [3.05, 3.63) is 29.6 Å². The topological polar surface area (TPSA) is 12.9 Å². The Morgan fingerprint density at radius 1 is 1.12 bits per heavy atom. The highest BCUT2D eigenvalue weighted by atomic mass is 14.7. The SMILES string of the molecule is CCCCCCC(CC)c1ccc(C)nc1. The molecule has 1 heteroatoms. The van der Waals surface area contributed by atoms with E-state index in [0.29, 0.717) is 5.92 Å². The monoisotopic (exact) mass is 219 g/mol. The minimum absolute atomic E-state index is 0.713. The predicted octanol–water partition coefficient (Wildman–Crippen LogP) is 4.85. The van der Waals surface area contributed by atoms with Gasteiger partial charge in [-0.15, -0.1) is 0 Å². The van der Waals surface area contributed by atoms with Crippen LogP contribution in [-0.4, -0.2) is 4.98 Å². The van der Waals surface area contributed by atoms with Gasteiger partial charge < -0.3 is 0 Å². The van der Waals surface area contributed by atoms with E-state index in [1.165, 1.54) is 44.1 Å². The zero-order chi connectivity index (χ0) is 11.8. The number of aromatic nitrogens is 1. The first-order chi connectivity index (χ1) is 7.77. The summed E-state index contributed by atoms with van der Waals surface area (Å²) >= 11 is 0. The van der Waals surface area contributed by atoms with Crippen molar-refractivity contribution in [2.75, 3.05) is 0 Å².